The second kappa shape index (κ2) is 9.45. The monoisotopic (exact) mass is 482 g/mol. The lowest BCUT2D eigenvalue weighted by atomic mass is 10.1. The van der Waals surface area contributed by atoms with Gasteiger partial charge in [0.05, 0.1) is 9.38 Å². The lowest BCUT2D eigenvalue weighted by Crippen LogP contribution is -2.44. The fraction of sp³-hybridized carbons (Fsp3) is 0.368. The number of carbonyl (C=O) groups is 4. The lowest BCUT2D eigenvalue weighted by molar-refractivity contribution is -0.139. The van der Waals surface area contributed by atoms with Crippen molar-refractivity contribution in [2.45, 2.75) is 19.3 Å². The molecule has 0 aromatic heterocycles. The van der Waals surface area contributed by atoms with Crippen LogP contribution in [-0.2, 0) is 14.4 Å². The number of rotatable bonds is 6. The summed E-state index contributed by atoms with van der Waals surface area (Å²) >= 11 is 4.09. The van der Waals surface area contributed by atoms with Crippen LogP contribution in [0.1, 0.15) is 24.8 Å². The zero-order valence-corrected chi connectivity index (χ0v) is 17.8. The SMILES string of the molecule is O=C(O)COc1ccc(/C=C2\SC(=O)N(CC(=O)N3CCCCC3)C2=O)cc1Br. The van der Waals surface area contributed by atoms with Crippen LogP contribution in [0, 0.1) is 0 Å². The number of nitrogens with zero attached hydrogens (tertiary/aromatic N) is 2. The quantitative estimate of drug-likeness (QED) is 0.621. The number of imide groups is 1. The van der Waals surface area contributed by atoms with Crippen molar-refractivity contribution < 1.29 is 29.0 Å². The molecule has 2 fully saturated rings. The van der Waals surface area contributed by atoms with Gasteiger partial charge in [-0.1, -0.05) is 6.07 Å². The summed E-state index contributed by atoms with van der Waals surface area (Å²) in [5.74, 6) is -1.44. The van der Waals surface area contributed by atoms with Gasteiger partial charge in [0, 0.05) is 13.1 Å². The van der Waals surface area contributed by atoms with Crippen LogP contribution in [0.15, 0.2) is 27.6 Å². The Bertz CT molecular complexity index is 881. The number of thioether (sulfide) groups is 1. The summed E-state index contributed by atoms with van der Waals surface area (Å²) in [7, 11) is 0. The van der Waals surface area contributed by atoms with E-state index in [0.29, 0.717) is 28.9 Å². The largest absolute Gasteiger partial charge is 0.481 e. The Morgan fingerprint density at radius 3 is 2.59 bits per heavy atom. The van der Waals surface area contributed by atoms with Gasteiger partial charge >= 0.3 is 5.97 Å². The molecule has 1 N–H and O–H groups in total. The van der Waals surface area contributed by atoms with Gasteiger partial charge in [-0.05, 0) is 70.7 Å². The van der Waals surface area contributed by atoms with E-state index in [0.717, 1.165) is 35.9 Å². The number of likely N-dealkylation sites (tertiary alicyclic amines) is 1. The highest BCUT2D eigenvalue weighted by Gasteiger charge is 2.37. The zero-order valence-electron chi connectivity index (χ0n) is 15.4. The lowest BCUT2D eigenvalue weighted by Gasteiger charge is -2.27. The molecule has 0 aliphatic carbocycles. The molecule has 29 heavy (non-hydrogen) atoms. The maximum Gasteiger partial charge on any atom is 0.341 e. The van der Waals surface area contributed by atoms with E-state index < -0.39 is 23.7 Å². The molecular formula is C19H19BrN2O6S. The number of halogens is 1. The van der Waals surface area contributed by atoms with Crippen LogP contribution in [0.3, 0.4) is 0 Å². The van der Waals surface area contributed by atoms with Gasteiger partial charge in [-0.3, -0.25) is 19.3 Å². The maximum atomic E-state index is 12.6. The third-order valence-corrected chi connectivity index (χ3v) is 6.01. The van der Waals surface area contributed by atoms with Crippen LogP contribution in [0.5, 0.6) is 5.75 Å². The Balaban J connectivity index is 1.68. The Hall–Kier alpha value is -2.33. The smallest absolute Gasteiger partial charge is 0.341 e. The molecule has 1 aromatic rings. The van der Waals surface area contributed by atoms with Crippen molar-refractivity contribution in [1.29, 1.82) is 0 Å². The summed E-state index contributed by atoms with van der Waals surface area (Å²) in [6, 6.07) is 4.88. The van der Waals surface area contributed by atoms with Crippen molar-refractivity contribution in [3.05, 3.63) is 33.1 Å². The molecule has 0 saturated carbocycles. The fourth-order valence-electron chi connectivity index (χ4n) is 3.03. The zero-order chi connectivity index (χ0) is 21.0. The van der Waals surface area contributed by atoms with Crippen molar-refractivity contribution in [3.8, 4) is 5.75 Å². The van der Waals surface area contributed by atoms with Crippen molar-refractivity contribution >= 4 is 56.8 Å². The summed E-state index contributed by atoms with van der Waals surface area (Å²) in [6.45, 7) is 0.611. The molecule has 2 aliphatic heterocycles. The molecule has 10 heteroatoms. The van der Waals surface area contributed by atoms with E-state index in [4.69, 9.17) is 9.84 Å². The summed E-state index contributed by atoms with van der Waals surface area (Å²) in [4.78, 5) is 50.8. The van der Waals surface area contributed by atoms with Gasteiger partial charge in [0.1, 0.15) is 12.3 Å². The molecule has 0 unspecified atom stereocenters. The highest BCUT2D eigenvalue weighted by Crippen LogP contribution is 2.34. The molecule has 2 saturated heterocycles. The first-order valence-corrected chi connectivity index (χ1v) is 10.6. The molecule has 0 atom stereocenters. The number of piperidine rings is 1. The average molecular weight is 483 g/mol. The van der Waals surface area contributed by atoms with Gasteiger partial charge in [-0.25, -0.2) is 4.79 Å². The van der Waals surface area contributed by atoms with E-state index in [-0.39, 0.29) is 17.4 Å². The van der Waals surface area contributed by atoms with Crippen molar-refractivity contribution in [2.24, 2.45) is 0 Å². The van der Waals surface area contributed by atoms with Crippen LogP contribution >= 0.6 is 27.7 Å². The highest BCUT2D eigenvalue weighted by molar-refractivity contribution is 9.10. The van der Waals surface area contributed by atoms with Crippen LogP contribution in [0.2, 0.25) is 0 Å². The van der Waals surface area contributed by atoms with Crippen LogP contribution < -0.4 is 4.74 Å². The molecule has 3 amide bonds. The molecule has 3 rings (SSSR count). The van der Waals surface area contributed by atoms with Gasteiger partial charge < -0.3 is 14.7 Å². The second-order valence-corrected chi connectivity index (χ2v) is 8.43. The standard InChI is InChI=1S/C19H19BrN2O6S/c20-13-8-12(4-5-14(13)28-11-17(24)25)9-15-18(26)22(19(27)29-15)10-16(23)21-6-2-1-3-7-21/h4-5,8-9H,1-3,6-7,10-11H2,(H,24,25)/b15-9-. The van der Waals surface area contributed by atoms with E-state index in [1.807, 2.05) is 0 Å². The molecule has 2 heterocycles. The number of hydrogen-bond acceptors (Lipinski definition) is 6. The predicted molar refractivity (Wildman–Crippen MR) is 110 cm³/mol. The van der Waals surface area contributed by atoms with Crippen LogP contribution in [0.4, 0.5) is 4.79 Å². The number of benzene rings is 1. The summed E-state index contributed by atoms with van der Waals surface area (Å²) < 4.78 is 5.66. The summed E-state index contributed by atoms with van der Waals surface area (Å²) in [5.41, 5.74) is 0.632. The van der Waals surface area contributed by atoms with Gasteiger partial charge in [-0.2, -0.15) is 0 Å². The molecule has 2 aliphatic rings. The van der Waals surface area contributed by atoms with Crippen LogP contribution in [-0.4, -0.2) is 64.2 Å². The summed E-state index contributed by atoms with van der Waals surface area (Å²) in [6.07, 6.45) is 4.52. The number of hydrogen-bond donors (Lipinski definition) is 1. The summed E-state index contributed by atoms with van der Waals surface area (Å²) in [5, 5.41) is 8.22. The Kier molecular flexibility index (Phi) is 6.96. The Labute approximate surface area is 180 Å². The Morgan fingerprint density at radius 1 is 1.21 bits per heavy atom. The predicted octanol–water partition coefficient (Wildman–Crippen LogP) is 2.96. The number of ether oxygens (including phenoxy) is 1. The average Bonchev–Trinajstić information content (AvgIpc) is 2.95. The first kappa shape index (κ1) is 21.4. The molecule has 8 nitrogen and oxygen atoms in total. The second-order valence-electron chi connectivity index (χ2n) is 6.58. The molecule has 154 valence electrons. The third-order valence-electron chi connectivity index (χ3n) is 4.48. The van der Waals surface area contributed by atoms with E-state index in [2.05, 4.69) is 15.9 Å². The minimum atomic E-state index is -1.09. The number of aliphatic carboxylic acids is 1. The van der Waals surface area contributed by atoms with Gasteiger partial charge in [0.15, 0.2) is 6.61 Å². The molecule has 0 radical (unpaired) electrons. The van der Waals surface area contributed by atoms with E-state index in [1.54, 1.807) is 29.2 Å². The van der Waals surface area contributed by atoms with E-state index in [1.165, 1.54) is 0 Å². The number of amides is 3. The highest BCUT2D eigenvalue weighted by atomic mass is 79.9. The van der Waals surface area contributed by atoms with E-state index in [9.17, 15) is 19.2 Å². The topological polar surface area (TPSA) is 104 Å². The normalized spacial score (nSPS) is 18.4. The van der Waals surface area contributed by atoms with Crippen molar-refractivity contribution in [2.75, 3.05) is 26.2 Å². The minimum Gasteiger partial charge on any atom is -0.481 e. The van der Waals surface area contributed by atoms with Gasteiger partial charge in [0.2, 0.25) is 5.91 Å². The molecule has 1 aromatic carbocycles. The number of carboxylic acids is 1. The first-order valence-electron chi connectivity index (χ1n) is 9.02. The number of carbonyl (C=O) groups excluding carboxylic acids is 3. The first-order chi connectivity index (χ1) is 13.8. The van der Waals surface area contributed by atoms with Gasteiger partial charge in [-0.15, -0.1) is 0 Å². The third kappa shape index (κ3) is 5.39. The van der Waals surface area contributed by atoms with E-state index >= 15 is 0 Å². The van der Waals surface area contributed by atoms with Crippen LogP contribution in [0.25, 0.3) is 6.08 Å². The molecule has 0 bridgehead atoms. The van der Waals surface area contributed by atoms with Crippen molar-refractivity contribution in [3.63, 3.8) is 0 Å². The minimum absolute atomic E-state index is 0.212. The Morgan fingerprint density at radius 2 is 1.93 bits per heavy atom. The van der Waals surface area contributed by atoms with Gasteiger partial charge in [0.25, 0.3) is 11.1 Å². The fourth-order valence-corrected chi connectivity index (χ4v) is 4.38. The molecular weight excluding hydrogens is 464 g/mol. The number of carboxylic acid groups (broad SMARTS) is 1. The molecule has 0 spiro atoms. The maximum absolute atomic E-state index is 12.6. The van der Waals surface area contributed by atoms with Crippen molar-refractivity contribution in [1.82, 2.24) is 9.80 Å².